The van der Waals surface area contributed by atoms with Gasteiger partial charge in [-0.3, -0.25) is 9.59 Å². The van der Waals surface area contributed by atoms with E-state index in [1.807, 2.05) is 0 Å². The van der Waals surface area contributed by atoms with Crippen LogP contribution in [0.5, 0.6) is 0 Å². The Labute approximate surface area is 106 Å². The molecule has 1 saturated heterocycles. The maximum absolute atomic E-state index is 12.4. The lowest BCUT2D eigenvalue weighted by Crippen LogP contribution is -2.45. The molecular formula is C13H19NO4. The van der Waals surface area contributed by atoms with E-state index < -0.39 is 17.8 Å². The molecule has 18 heavy (non-hydrogen) atoms. The van der Waals surface area contributed by atoms with E-state index in [0.29, 0.717) is 25.8 Å². The molecule has 1 amide bonds. The van der Waals surface area contributed by atoms with Crippen molar-refractivity contribution in [2.24, 2.45) is 11.8 Å². The first kappa shape index (κ1) is 13.1. The first-order valence-corrected chi connectivity index (χ1v) is 6.63. The quantitative estimate of drug-likeness (QED) is 0.763. The molecular weight excluding hydrogens is 234 g/mol. The highest BCUT2D eigenvalue weighted by atomic mass is 16.4. The number of hydrogen-bond acceptors (Lipinski definition) is 3. The summed E-state index contributed by atoms with van der Waals surface area (Å²) in [5, 5.41) is 9.18. The predicted molar refractivity (Wildman–Crippen MR) is 63.9 cm³/mol. The minimum atomic E-state index is -0.880. The molecule has 0 aromatic rings. The summed E-state index contributed by atoms with van der Waals surface area (Å²) in [5.41, 5.74) is 0. The van der Waals surface area contributed by atoms with E-state index in [0.717, 1.165) is 25.5 Å². The molecule has 0 spiro atoms. The topological polar surface area (TPSA) is 74.7 Å². The molecule has 0 aromatic heterocycles. The largest absolute Gasteiger partial charge is 0.481 e. The van der Waals surface area contributed by atoms with Crippen LogP contribution < -0.4 is 0 Å². The van der Waals surface area contributed by atoms with Crippen LogP contribution in [0.15, 0.2) is 0 Å². The maximum Gasteiger partial charge on any atom is 0.307 e. The van der Waals surface area contributed by atoms with Crippen LogP contribution in [0.25, 0.3) is 0 Å². The fourth-order valence-corrected chi connectivity index (χ4v) is 3.14. The summed E-state index contributed by atoms with van der Waals surface area (Å²) in [7, 11) is 0. The number of aldehydes is 1. The average Bonchev–Trinajstić information content (AvgIpc) is 2.86. The second kappa shape index (κ2) is 5.50. The lowest BCUT2D eigenvalue weighted by molar-refractivity contribution is -0.152. The third kappa shape index (κ3) is 2.40. The Balaban J connectivity index is 2.10. The molecule has 2 rings (SSSR count). The molecule has 1 aliphatic heterocycles. The van der Waals surface area contributed by atoms with Crippen LogP contribution in [0, 0.1) is 11.8 Å². The number of likely N-dealkylation sites (tertiary alicyclic amines) is 1. The molecule has 0 radical (unpaired) electrons. The summed E-state index contributed by atoms with van der Waals surface area (Å²) in [6.45, 7) is 0.588. The highest BCUT2D eigenvalue weighted by molar-refractivity contribution is 5.87. The predicted octanol–water partition coefficient (Wildman–Crippen LogP) is 1.07. The van der Waals surface area contributed by atoms with E-state index in [1.165, 1.54) is 0 Å². The van der Waals surface area contributed by atoms with Crippen LogP contribution in [0.4, 0.5) is 0 Å². The van der Waals surface area contributed by atoms with E-state index in [2.05, 4.69) is 0 Å². The molecule has 1 heterocycles. The van der Waals surface area contributed by atoms with Gasteiger partial charge in [0.15, 0.2) is 0 Å². The number of amides is 1. The molecule has 1 unspecified atom stereocenters. The van der Waals surface area contributed by atoms with Crippen LogP contribution >= 0.6 is 0 Å². The summed E-state index contributed by atoms with van der Waals surface area (Å²) in [4.78, 5) is 36.1. The zero-order chi connectivity index (χ0) is 13.1. The van der Waals surface area contributed by atoms with Crippen molar-refractivity contribution in [3.63, 3.8) is 0 Å². The van der Waals surface area contributed by atoms with Crippen molar-refractivity contribution in [2.75, 3.05) is 6.54 Å². The maximum atomic E-state index is 12.4. The van der Waals surface area contributed by atoms with Crippen molar-refractivity contribution in [3.8, 4) is 0 Å². The summed E-state index contributed by atoms with van der Waals surface area (Å²) in [5.74, 6) is -2.01. The number of carbonyl (C=O) groups excluding carboxylic acids is 2. The normalized spacial score (nSPS) is 32.2. The Bertz CT molecular complexity index is 355. The summed E-state index contributed by atoms with van der Waals surface area (Å²) in [6.07, 6.45) is 5.34. The van der Waals surface area contributed by atoms with Crippen molar-refractivity contribution < 1.29 is 19.5 Å². The minimum absolute atomic E-state index is 0.128. The van der Waals surface area contributed by atoms with Gasteiger partial charge in [0, 0.05) is 6.54 Å². The summed E-state index contributed by atoms with van der Waals surface area (Å²) < 4.78 is 0. The minimum Gasteiger partial charge on any atom is -0.481 e. The second-order valence-electron chi connectivity index (χ2n) is 5.21. The van der Waals surface area contributed by atoms with Gasteiger partial charge in [-0.25, -0.2) is 0 Å². The van der Waals surface area contributed by atoms with Crippen molar-refractivity contribution in [3.05, 3.63) is 0 Å². The smallest absolute Gasteiger partial charge is 0.307 e. The zero-order valence-electron chi connectivity index (χ0n) is 10.4. The van der Waals surface area contributed by atoms with E-state index in [-0.39, 0.29) is 11.9 Å². The lowest BCUT2D eigenvalue weighted by Gasteiger charge is -2.32. The molecule has 5 nitrogen and oxygen atoms in total. The molecule has 2 aliphatic rings. The fraction of sp³-hybridized carbons (Fsp3) is 0.769. The molecule has 3 atom stereocenters. The first-order valence-electron chi connectivity index (χ1n) is 6.63. The third-order valence-electron chi connectivity index (χ3n) is 4.14. The molecule has 1 N–H and O–H groups in total. The second-order valence-corrected chi connectivity index (χ2v) is 5.21. The van der Waals surface area contributed by atoms with Gasteiger partial charge in [-0.15, -0.1) is 0 Å². The SMILES string of the molecule is O=CC1CCCN1C(=O)[C@@H]1CCCC[C@@H]1C(=O)O. The van der Waals surface area contributed by atoms with Crippen LogP contribution in [-0.2, 0) is 14.4 Å². The van der Waals surface area contributed by atoms with Crippen LogP contribution in [0.3, 0.4) is 0 Å². The van der Waals surface area contributed by atoms with Crippen molar-refractivity contribution in [1.29, 1.82) is 0 Å². The van der Waals surface area contributed by atoms with Gasteiger partial charge in [0.1, 0.15) is 6.29 Å². The standard InChI is InChI=1S/C13H19NO4/c15-8-9-4-3-7-14(9)12(16)10-5-1-2-6-11(10)13(17)18/h8-11H,1-7H2,(H,17,18)/t9?,10-,11+/m1/s1. The molecule has 1 saturated carbocycles. The Morgan fingerprint density at radius 1 is 1.06 bits per heavy atom. The zero-order valence-corrected chi connectivity index (χ0v) is 10.4. The molecule has 100 valence electrons. The number of carboxylic acids is 1. The van der Waals surface area contributed by atoms with Gasteiger partial charge >= 0.3 is 5.97 Å². The van der Waals surface area contributed by atoms with Gasteiger partial charge in [-0.1, -0.05) is 12.8 Å². The first-order chi connectivity index (χ1) is 8.65. The molecule has 0 bridgehead atoms. The third-order valence-corrected chi connectivity index (χ3v) is 4.14. The fourth-order valence-electron chi connectivity index (χ4n) is 3.14. The molecule has 1 aliphatic carbocycles. The summed E-state index contributed by atoms with van der Waals surface area (Å²) in [6, 6.07) is -0.339. The van der Waals surface area contributed by atoms with E-state index in [1.54, 1.807) is 4.90 Å². The monoisotopic (exact) mass is 253 g/mol. The van der Waals surface area contributed by atoms with Crippen molar-refractivity contribution >= 4 is 18.2 Å². The highest BCUT2D eigenvalue weighted by Gasteiger charge is 2.40. The van der Waals surface area contributed by atoms with E-state index in [9.17, 15) is 19.5 Å². The number of hydrogen-bond donors (Lipinski definition) is 1. The number of aliphatic carboxylic acids is 1. The summed E-state index contributed by atoms with van der Waals surface area (Å²) >= 11 is 0. The van der Waals surface area contributed by atoms with Gasteiger partial charge in [-0.05, 0) is 25.7 Å². The highest BCUT2D eigenvalue weighted by Crippen LogP contribution is 2.33. The van der Waals surface area contributed by atoms with E-state index >= 15 is 0 Å². The molecule has 2 fully saturated rings. The van der Waals surface area contributed by atoms with E-state index in [4.69, 9.17) is 0 Å². The average molecular weight is 253 g/mol. The number of carbonyl (C=O) groups is 3. The molecule has 0 aromatic carbocycles. The molecule has 5 heteroatoms. The Morgan fingerprint density at radius 3 is 2.33 bits per heavy atom. The van der Waals surface area contributed by atoms with Crippen LogP contribution in [0.1, 0.15) is 38.5 Å². The Morgan fingerprint density at radius 2 is 1.72 bits per heavy atom. The van der Waals surface area contributed by atoms with Gasteiger partial charge in [0.25, 0.3) is 0 Å². The van der Waals surface area contributed by atoms with Crippen molar-refractivity contribution in [1.82, 2.24) is 4.90 Å². The number of carboxylic acid groups (broad SMARTS) is 1. The van der Waals surface area contributed by atoms with Crippen LogP contribution in [-0.4, -0.2) is 40.8 Å². The van der Waals surface area contributed by atoms with Crippen LogP contribution in [0.2, 0.25) is 0 Å². The number of rotatable bonds is 3. The van der Waals surface area contributed by atoms with Gasteiger partial charge in [-0.2, -0.15) is 0 Å². The van der Waals surface area contributed by atoms with Crippen molar-refractivity contribution in [2.45, 2.75) is 44.6 Å². The lowest BCUT2D eigenvalue weighted by atomic mass is 9.78. The van der Waals surface area contributed by atoms with Gasteiger partial charge in [0.05, 0.1) is 17.9 Å². The van der Waals surface area contributed by atoms with Gasteiger partial charge < -0.3 is 14.8 Å². The van der Waals surface area contributed by atoms with Gasteiger partial charge in [0.2, 0.25) is 5.91 Å². The Kier molecular flexibility index (Phi) is 3.99. The Hall–Kier alpha value is -1.39. The number of nitrogens with zero attached hydrogens (tertiary/aromatic N) is 1.